The Labute approximate surface area is 207 Å². The minimum absolute atomic E-state index is 0.299. The van der Waals surface area contributed by atoms with Crippen LogP contribution in [0.15, 0.2) is 72.8 Å². The van der Waals surface area contributed by atoms with Gasteiger partial charge in [-0.25, -0.2) is 4.68 Å². The summed E-state index contributed by atoms with van der Waals surface area (Å²) in [6, 6.07) is 15.1. The van der Waals surface area contributed by atoms with Gasteiger partial charge in [0.1, 0.15) is 24.2 Å². The van der Waals surface area contributed by atoms with Crippen LogP contribution < -0.4 is 19.5 Å². The fourth-order valence-corrected chi connectivity index (χ4v) is 4.87. The molecule has 8 nitrogen and oxygen atoms in total. The van der Waals surface area contributed by atoms with E-state index in [0.717, 1.165) is 33.7 Å². The molecule has 0 amide bonds. The molecule has 0 radical (unpaired) electrons. The Bertz CT molecular complexity index is 1440. The smallest absolute Gasteiger partial charge is 0.226 e. The van der Waals surface area contributed by atoms with Gasteiger partial charge in [0, 0.05) is 34.1 Å². The molecule has 9 heteroatoms. The molecule has 2 atom stereocenters. The van der Waals surface area contributed by atoms with Crippen LogP contribution in [0.5, 0.6) is 17.2 Å². The van der Waals surface area contributed by atoms with Gasteiger partial charge in [0.25, 0.3) is 0 Å². The van der Waals surface area contributed by atoms with Gasteiger partial charge in [0.2, 0.25) is 5.95 Å². The molecule has 1 N–H and O–H groups in total. The summed E-state index contributed by atoms with van der Waals surface area (Å²) in [5.41, 5.74) is 4.60. The number of hydrogen-bond donors (Lipinski definition) is 1. The summed E-state index contributed by atoms with van der Waals surface area (Å²) in [6.45, 7) is 2.49. The van der Waals surface area contributed by atoms with Crippen molar-refractivity contribution < 1.29 is 14.2 Å². The third-order valence-corrected chi connectivity index (χ3v) is 6.40. The van der Waals surface area contributed by atoms with E-state index in [-0.39, 0.29) is 6.04 Å². The Kier molecular flexibility index (Phi) is 5.30. The normalized spacial score (nSPS) is 18.0. The summed E-state index contributed by atoms with van der Waals surface area (Å²) in [5, 5.41) is 8.63. The van der Waals surface area contributed by atoms with Gasteiger partial charge in [-0.3, -0.25) is 4.98 Å². The van der Waals surface area contributed by atoms with E-state index in [1.54, 1.807) is 19.6 Å². The molecule has 2 aromatic heterocycles. The zero-order chi connectivity index (χ0) is 23.9. The van der Waals surface area contributed by atoms with Crippen molar-refractivity contribution in [2.24, 2.45) is 0 Å². The molecule has 2 aliphatic heterocycles. The van der Waals surface area contributed by atoms with Crippen LogP contribution in [-0.4, -0.2) is 33.5 Å². The van der Waals surface area contributed by atoms with Crippen molar-refractivity contribution in [3.63, 3.8) is 0 Å². The van der Waals surface area contributed by atoms with Gasteiger partial charge in [-0.05, 0) is 48.9 Å². The van der Waals surface area contributed by atoms with E-state index in [4.69, 9.17) is 25.8 Å². The molecule has 0 fully saturated rings. The molecule has 2 aromatic carbocycles. The summed E-state index contributed by atoms with van der Waals surface area (Å²) < 4.78 is 19.9. The molecule has 0 bridgehead atoms. The van der Waals surface area contributed by atoms with Crippen LogP contribution in [0.1, 0.15) is 35.8 Å². The molecule has 0 aliphatic carbocycles. The van der Waals surface area contributed by atoms with Gasteiger partial charge < -0.3 is 19.5 Å². The molecule has 176 valence electrons. The zero-order valence-electron chi connectivity index (χ0n) is 19.1. The number of anilines is 1. The standard InChI is InChI=1S/C26H22ClN5O3/c1-3-34-20-8-6-15(11-21(20)33-2)25-22-23(18-12-17(27)7-9-19(18)35-25)31-26-29-14-30-32(26)24(22)16-5-4-10-28-13-16/h4-14,24-25H,3H2,1-2H3,(H,29,30,31)/t24-,25+/m1/s1. The van der Waals surface area contributed by atoms with Gasteiger partial charge in [0.15, 0.2) is 11.5 Å². The second-order valence-electron chi connectivity index (χ2n) is 8.15. The monoisotopic (exact) mass is 487 g/mol. The van der Waals surface area contributed by atoms with Crippen LogP contribution in [0.3, 0.4) is 0 Å². The lowest BCUT2D eigenvalue weighted by atomic mass is 9.85. The maximum Gasteiger partial charge on any atom is 0.226 e. The van der Waals surface area contributed by atoms with Crippen molar-refractivity contribution >= 4 is 23.2 Å². The number of methoxy groups -OCH3 is 1. The zero-order valence-corrected chi connectivity index (χ0v) is 19.9. The molecule has 4 aromatic rings. The second kappa shape index (κ2) is 8.63. The number of fused-ring (bicyclic) bond motifs is 3. The highest BCUT2D eigenvalue weighted by molar-refractivity contribution is 6.30. The summed E-state index contributed by atoms with van der Waals surface area (Å²) in [5.74, 6) is 2.67. The van der Waals surface area contributed by atoms with Crippen molar-refractivity contribution in [2.45, 2.75) is 19.1 Å². The van der Waals surface area contributed by atoms with Crippen molar-refractivity contribution in [3.05, 3.63) is 94.5 Å². The molecule has 0 saturated heterocycles. The van der Waals surface area contributed by atoms with E-state index >= 15 is 0 Å². The number of hydrogen-bond acceptors (Lipinski definition) is 7. The number of ether oxygens (including phenoxy) is 3. The van der Waals surface area contributed by atoms with Crippen LogP contribution in [0.4, 0.5) is 5.95 Å². The fourth-order valence-electron chi connectivity index (χ4n) is 4.70. The minimum Gasteiger partial charge on any atom is -0.493 e. The van der Waals surface area contributed by atoms with Gasteiger partial charge in [-0.1, -0.05) is 23.7 Å². The van der Waals surface area contributed by atoms with Gasteiger partial charge in [-0.15, -0.1) is 0 Å². The number of nitrogens with one attached hydrogen (secondary N) is 1. The molecule has 6 rings (SSSR count). The molecule has 2 aliphatic rings. The predicted molar refractivity (Wildman–Crippen MR) is 132 cm³/mol. The van der Waals surface area contributed by atoms with Crippen molar-refractivity contribution in [2.75, 3.05) is 19.0 Å². The number of aromatic nitrogens is 4. The molecule has 0 spiro atoms. The van der Waals surface area contributed by atoms with Crippen LogP contribution in [-0.2, 0) is 0 Å². The molecular weight excluding hydrogens is 466 g/mol. The maximum atomic E-state index is 6.65. The van der Waals surface area contributed by atoms with Gasteiger partial charge in [0.05, 0.1) is 19.4 Å². The average Bonchev–Trinajstić information content (AvgIpc) is 3.36. The minimum atomic E-state index is -0.446. The van der Waals surface area contributed by atoms with Gasteiger partial charge >= 0.3 is 0 Å². The topological polar surface area (TPSA) is 83.3 Å². The Balaban J connectivity index is 1.59. The third-order valence-electron chi connectivity index (χ3n) is 6.17. The third kappa shape index (κ3) is 3.57. The lowest BCUT2D eigenvalue weighted by molar-refractivity contribution is 0.222. The van der Waals surface area contributed by atoms with Crippen LogP contribution in [0.2, 0.25) is 5.02 Å². The predicted octanol–water partition coefficient (Wildman–Crippen LogP) is 5.29. The first-order chi connectivity index (χ1) is 17.2. The van der Waals surface area contributed by atoms with Crippen molar-refractivity contribution in [3.8, 4) is 17.2 Å². The van der Waals surface area contributed by atoms with Crippen molar-refractivity contribution in [1.29, 1.82) is 0 Å². The molecule has 4 heterocycles. The highest BCUT2D eigenvalue weighted by atomic mass is 35.5. The van der Waals surface area contributed by atoms with E-state index in [9.17, 15) is 0 Å². The SMILES string of the molecule is CCOc1ccc([C@@H]2Oc3ccc(Cl)cc3C3=C2[C@@H](c2cccnc2)n2ncnc2N3)cc1OC. The number of nitrogens with zero attached hydrogens (tertiary/aromatic N) is 4. The Morgan fingerprint density at radius 2 is 2.03 bits per heavy atom. The Morgan fingerprint density at radius 1 is 1.11 bits per heavy atom. The summed E-state index contributed by atoms with van der Waals surface area (Å²) in [7, 11) is 1.63. The number of rotatable bonds is 5. The van der Waals surface area contributed by atoms with E-state index in [0.29, 0.717) is 29.1 Å². The summed E-state index contributed by atoms with van der Waals surface area (Å²) in [6.07, 6.45) is 4.69. The highest BCUT2D eigenvalue weighted by Crippen LogP contribution is 2.51. The molecule has 0 saturated carbocycles. The van der Waals surface area contributed by atoms with Crippen LogP contribution in [0, 0.1) is 0 Å². The van der Waals surface area contributed by atoms with Crippen LogP contribution >= 0.6 is 11.6 Å². The summed E-state index contributed by atoms with van der Waals surface area (Å²) in [4.78, 5) is 8.82. The highest BCUT2D eigenvalue weighted by Gasteiger charge is 2.41. The van der Waals surface area contributed by atoms with E-state index in [1.165, 1.54) is 0 Å². The molecule has 0 unspecified atom stereocenters. The first-order valence-electron chi connectivity index (χ1n) is 11.3. The quantitative estimate of drug-likeness (QED) is 0.409. The lowest BCUT2D eigenvalue weighted by Gasteiger charge is -2.39. The van der Waals surface area contributed by atoms with Crippen LogP contribution in [0.25, 0.3) is 5.70 Å². The number of halogens is 1. The van der Waals surface area contributed by atoms with E-state index < -0.39 is 6.10 Å². The van der Waals surface area contributed by atoms with Crippen molar-refractivity contribution in [1.82, 2.24) is 19.7 Å². The van der Waals surface area contributed by atoms with E-state index in [1.807, 2.05) is 66.3 Å². The lowest BCUT2D eigenvalue weighted by Crippen LogP contribution is -2.32. The first kappa shape index (κ1) is 21.5. The van der Waals surface area contributed by atoms with Gasteiger partial charge in [-0.2, -0.15) is 10.1 Å². The molecular formula is C26H22ClN5O3. The maximum absolute atomic E-state index is 6.65. The summed E-state index contributed by atoms with van der Waals surface area (Å²) >= 11 is 6.40. The number of pyridine rings is 1. The fraction of sp³-hybridized carbons (Fsp3) is 0.192. The second-order valence-corrected chi connectivity index (χ2v) is 8.59. The molecule has 35 heavy (non-hydrogen) atoms. The largest absolute Gasteiger partial charge is 0.493 e. The number of benzene rings is 2. The Morgan fingerprint density at radius 3 is 2.83 bits per heavy atom. The first-order valence-corrected chi connectivity index (χ1v) is 11.6. The average molecular weight is 488 g/mol. The van der Waals surface area contributed by atoms with E-state index in [2.05, 4.69) is 20.4 Å². The Hall–Kier alpha value is -4.04.